The van der Waals surface area contributed by atoms with Crippen LogP contribution in [0.5, 0.6) is 0 Å². The van der Waals surface area contributed by atoms with Crippen LogP contribution in [0.15, 0.2) is 0 Å². The van der Waals surface area contributed by atoms with Gasteiger partial charge in [0.2, 0.25) is 0 Å². The number of anilines is 1. The van der Waals surface area contributed by atoms with Gasteiger partial charge in [-0.2, -0.15) is 0 Å². The maximum absolute atomic E-state index is 4.93. The fourth-order valence-electron chi connectivity index (χ4n) is 3.35. The summed E-state index contributed by atoms with van der Waals surface area (Å²) in [5.41, 5.74) is 1.36. The van der Waals surface area contributed by atoms with Crippen molar-refractivity contribution in [3.05, 3.63) is 10.6 Å². The number of thiazole rings is 1. The molecule has 2 aliphatic rings. The van der Waals surface area contributed by atoms with E-state index in [4.69, 9.17) is 4.98 Å². The van der Waals surface area contributed by atoms with E-state index in [1.165, 1.54) is 67.3 Å². The zero-order chi connectivity index (χ0) is 13.2. The summed E-state index contributed by atoms with van der Waals surface area (Å²) in [6, 6.07) is 0.545. The van der Waals surface area contributed by atoms with Gasteiger partial charge in [0.05, 0.1) is 5.69 Å². The second kappa shape index (κ2) is 5.80. The van der Waals surface area contributed by atoms with Gasteiger partial charge >= 0.3 is 0 Å². The van der Waals surface area contributed by atoms with Crippen LogP contribution >= 0.6 is 11.3 Å². The van der Waals surface area contributed by atoms with E-state index in [2.05, 4.69) is 24.2 Å². The van der Waals surface area contributed by atoms with Crippen LogP contribution in [0.25, 0.3) is 0 Å². The van der Waals surface area contributed by atoms with Crippen molar-refractivity contribution in [2.24, 2.45) is 5.92 Å². The standard InChI is InChI=1S/C15H25N3S/c1-3-11-7-9-18(10-8-11)15-17-13-6-4-5-12(16-2)14(13)19-15/h11-12,16H,3-10H2,1-2H3. The van der Waals surface area contributed by atoms with E-state index in [0.717, 1.165) is 5.92 Å². The summed E-state index contributed by atoms with van der Waals surface area (Å²) < 4.78 is 0. The van der Waals surface area contributed by atoms with Gasteiger partial charge in [0.25, 0.3) is 0 Å². The highest BCUT2D eigenvalue weighted by molar-refractivity contribution is 7.15. The molecule has 1 saturated heterocycles. The van der Waals surface area contributed by atoms with E-state index in [9.17, 15) is 0 Å². The van der Waals surface area contributed by atoms with Crippen molar-refractivity contribution in [3.8, 4) is 0 Å². The zero-order valence-electron chi connectivity index (χ0n) is 12.1. The van der Waals surface area contributed by atoms with Gasteiger partial charge in [0.1, 0.15) is 0 Å². The minimum absolute atomic E-state index is 0.545. The summed E-state index contributed by atoms with van der Waals surface area (Å²) in [7, 11) is 2.08. The van der Waals surface area contributed by atoms with Gasteiger partial charge in [-0.05, 0) is 45.1 Å². The summed E-state index contributed by atoms with van der Waals surface area (Å²) in [5.74, 6) is 0.941. The molecule has 2 heterocycles. The van der Waals surface area contributed by atoms with Crippen LogP contribution in [0.1, 0.15) is 55.6 Å². The smallest absolute Gasteiger partial charge is 0.185 e. The first-order chi connectivity index (χ1) is 9.31. The van der Waals surface area contributed by atoms with E-state index in [0.29, 0.717) is 6.04 Å². The number of fused-ring (bicyclic) bond motifs is 1. The predicted octanol–water partition coefficient (Wildman–Crippen LogP) is 3.37. The molecule has 1 aliphatic heterocycles. The number of piperidine rings is 1. The lowest BCUT2D eigenvalue weighted by atomic mass is 9.95. The Morgan fingerprint density at radius 3 is 2.79 bits per heavy atom. The van der Waals surface area contributed by atoms with Crippen LogP contribution in [0.3, 0.4) is 0 Å². The van der Waals surface area contributed by atoms with Crippen molar-refractivity contribution in [1.82, 2.24) is 10.3 Å². The van der Waals surface area contributed by atoms with Crippen molar-refractivity contribution >= 4 is 16.5 Å². The molecule has 1 aromatic rings. The molecule has 1 unspecified atom stereocenters. The third kappa shape index (κ3) is 2.65. The lowest BCUT2D eigenvalue weighted by molar-refractivity contribution is 0.395. The Labute approximate surface area is 120 Å². The molecule has 4 heteroatoms. The van der Waals surface area contributed by atoms with Crippen LogP contribution < -0.4 is 10.2 Å². The first kappa shape index (κ1) is 13.4. The molecular formula is C15H25N3S. The van der Waals surface area contributed by atoms with E-state index >= 15 is 0 Å². The summed E-state index contributed by atoms with van der Waals surface area (Å²) in [5, 5.41) is 4.72. The van der Waals surface area contributed by atoms with Crippen molar-refractivity contribution in [2.75, 3.05) is 25.0 Å². The van der Waals surface area contributed by atoms with Gasteiger partial charge in [0, 0.05) is 24.0 Å². The Hall–Kier alpha value is -0.610. The average Bonchev–Trinajstić information content (AvgIpc) is 2.91. The molecule has 0 aromatic carbocycles. The summed E-state index contributed by atoms with van der Waals surface area (Å²) >= 11 is 1.94. The second-order valence-corrected chi connectivity index (χ2v) is 6.89. The first-order valence-electron chi connectivity index (χ1n) is 7.73. The van der Waals surface area contributed by atoms with Crippen molar-refractivity contribution in [2.45, 2.75) is 51.5 Å². The lowest BCUT2D eigenvalue weighted by Gasteiger charge is -2.31. The molecule has 106 valence electrons. The molecule has 1 aromatic heterocycles. The van der Waals surface area contributed by atoms with Crippen molar-refractivity contribution in [1.29, 1.82) is 0 Å². The Kier molecular flexibility index (Phi) is 4.08. The van der Waals surface area contributed by atoms with Crippen LogP contribution in [0, 0.1) is 5.92 Å². The molecule has 3 nitrogen and oxygen atoms in total. The molecular weight excluding hydrogens is 254 g/mol. The molecule has 1 atom stereocenters. The molecule has 0 saturated carbocycles. The molecule has 0 radical (unpaired) electrons. The fraction of sp³-hybridized carbons (Fsp3) is 0.800. The van der Waals surface area contributed by atoms with Crippen molar-refractivity contribution in [3.63, 3.8) is 0 Å². The number of hydrogen-bond donors (Lipinski definition) is 1. The number of hydrogen-bond acceptors (Lipinski definition) is 4. The van der Waals surface area contributed by atoms with Gasteiger partial charge in [-0.25, -0.2) is 4.98 Å². The van der Waals surface area contributed by atoms with Crippen molar-refractivity contribution < 1.29 is 0 Å². The normalized spacial score (nSPS) is 24.5. The van der Waals surface area contributed by atoms with Crippen LogP contribution in [-0.4, -0.2) is 25.1 Å². The summed E-state index contributed by atoms with van der Waals surface area (Å²) in [6.07, 6.45) is 7.74. The Morgan fingerprint density at radius 1 is 1.32 bits per heavy atom. The van der Waals surface area contributed by atoms with Gasteiger partial charge in [-0.1, -0.05) is 24.7 Å². The summed E-state index contributed by atoms with van der Waals surface area (Å²) in [6.45, 7) is 4.73. The second-order valence-electron chi connectivity index (χ2n) is 5.88. The number of aromatic nitrogens is 1. The number of rotatable bonds is 3. The number of nitrogens with zero attached hydrogens (tertiary/aromatic N) is 2. The van der Waals surface area contributed by atoms with Crippen LogP contribution in [-0.2, 0) is 6.42 Å². The lowest BCUT2D eigenvalue weighted by Crippen LogP contribution is -2.33. The Bertz CT molecular complexity index is 421. The highest BCUT2D eigenvalue weighted by Crippen LogP contribution is 2.38. The zero-order valence-corrected chi connectivity index (χ0v) is 12.9. The maximum Gasteiger partial charge on any atom is 0.185 e. The molecule has 0 bridgehead atoms. The highest BCUT2D eigenvalue weighted by atomic mass is 32.1. The minimum atomic E-state index is 0.545. The van der Waals surface area contributed by atoms with Gasteiger partial charge in [0.15, 0.2) is 5.13 Å². The predicted molar refractivity (Wildman–Crippen MR) is 82.1 cm³/mol. The Morgan fingerprint density at radius 2 is 2.11 bits per heavy atom. The summed E-state index contributed by atoms with van der Waals surface area (Å²) in [4.78, 5) is 8.94. The van der Waals surface area contributed by atoms with E-state index < -0.39 is 0 Å². The topological polar surface area (TPSA) is 28.2 Å². The Balaban J connectivity index is 1.74. The number of aryl methyl sites for hydroxylation is 1. The largest absolute Gasteiger partial charge is 0.348 e. The van der Waals surface area contributed by atoms with Gasteiger partial charge in [-0.15, -0.1) is 0 Å². The molecule has 0 amide bonds. The third-order valence-electron chi connectivity index (χ3n) is 4.75. The molecule has 3 rings (SSSR count). The quantitative estimate of drug-likeness (QED) is 0.919. The van der Waals surface area contributed by atoms with E-state index in [1.807, 2.05) is 11.3 Å². The molecule has 19 heavy (non-hydrogen) atoms. The average molecular weight is 279 g/mol. The van der Waals surface area contributed by atoms with E-state index in [-0.39, 0.29) is 0 Å². The van der Waals surface area contributed by atoms with Gasteiger partial charge in [-0.3, -0.25) is 0 Å². The van der Waals surface area contributed by atoms with Crippen LogP contribution in [0.2, 0.25) is 0 Å². The van der Waals surface area contributed by atoms with Gasteiger partial charge < -0.3 is 10.2 Å². The minimum Gasteiger partial charge on any atom is -0.348 e. The van der Waals surface area contributed by atoms with Crippen LogP contribution in [0.4, 0.5) is 5.13 Å². The van der Waals surface area contributed by atoms with E-state index in [1.54, 1.807) is 0 Å². The molecule has 1 fully saturated rings. The highest BCUT2D eigenvalue weighted by Gasteiger charge is 2.26. The maximum atomic E-state index is 4.93. The monoisotopic (exact) mass is 279 g/mol. The number of nitrogens with one attached hydrogen (secondary N) is 1. The third-order valence-corrected chi connectivity index (χ3v) is 6.02. The molecule has 0 spiro atoms. The molecule has 1 aliphatic carbocycles. The first-order valence-corrected chi connectivity index (χ1v) is 8.55. The SMILES string of the molecule is CCC1CCN(c2nc3c(s2)C(NC)CCC3)CC1. The molecule has 1 N–H and O–H groups in total. The fourth-order valence-corrected chi connectivity index (χ4v) is 4.66.